The average molecular weight is 289 g/mol. The Kier molecular flexibility index (Phi) is 5.27. The topological polar surface area (TPSA) is 29.5 Å². The van der Waals surface area contributed by atoms with Gasteiger partial charge < -0.3 is 9.64 Å². The summed E-state index contributed by atoms with van der Waals surface area (Å²) in [6.07, 6.45) is 6.50. The van der Waals surface area contributed by atoms with Crippen molar-refractivity contribution in [1.82, 2.24) is 0 Å². The van der Waals surface area contributed by atoms with Crippen LogP contribution >= 0.6 is 0 Å². The Morgan fingerprint density at radius 1 is 1.24 bits per heavy atom. The van der Waals surface area contributed by atoms with Gasteiger partial charge in [0.05, 0.1) is 12.7 Å². The fourth-order valence-electron chi connectivity index (χ4n) is 3.48. The minimum absolute atomic E-state index is 0.239. The van der Waals surface area contributed by atoms with E-state index in [0.29, 0.717) is 11.6 Å². The van der Waals surface area contributed by atoms with Crippen LogP contribution in [0.2, 0.25) is 0 Å². The fraction of sp³-hybridized carbons (Fsp3) is 0.611. The van der Waals surface area contributed by atoms with E-state index in [1.165, 1.54) is 44.9 Å². The van der Waals surface area contributed by atoms with Gasteiger partial charge >= 0.3 is 5.97 Å². The summed E-state index contributed by atoms with van der Waals surface area (Å²) in [5, 5.41) is 0. The summed E-state index contributed by atoms with van der Waals surface area (Å²) in [4.78, 5) is 14.5. The second-order valence-electron chi connectivity index (χ2n) is 6.03. The number of hydrogen-bond acceptors (Lipinski definition) is 3. The van der Waals surface area contributed by atoms with Gasteiger partial charge in [-0.15, -0.1) is 0 Å². The molecule has 0 N–H and O–H groups in total. The number of hydrogen-bond donors (Lipinski definition) is 0. The van der Waals surface area contributed by atoms with Gasteiger partial charge in [0.1, 0.15) is 0 Å². The van der Waals surface area contributed by atoms with Crippen LogP contribution in [0, 0.1) is 13.8 Å². The Labute approximate surface area is 128 Å². The lowest BCUT2D eigenvalue weighted by Crippen LogP contribution is -2.37. The third-order valence-corrected chi connectivity index (χ3v) is 4.60. The van der Waals surface area contributed by atoms with Gasteiger partial charge in [0.2, 0.25) is 0 Å². The van der Waals surface area contributed by atoms with Crippen molar-refractivity contribution in [1.29, 1.82) is 0 Å². The van der Waals surface area contributed by atoms with Crippen LogP contribution in [0.3, 0.4) is 0 Å². The molecule has 1 aromatic rings. The monoisotopic (exact) mass is 289 g/mol. The molecule has 0 aliphatic heterocycles. The second-order valence-corrected chi connectivity index (χ2v) is 6.03. The number of methoxy groups -OCH3 is 1. The third kappa shape index (κ3) is 3.39. The average Bonchev–Trinajstić information content (AvgIpc) is 2.51. The Balaban J connectivity index is 2.40. The lowest BCUT2D eigenvalue weighted by Gasteiger charge is -2.36. The normalized spacial score (nSPS) is 15.8. The first-order valence-corrected chi connectivity index (χ1v) is 8.04. The molecular weight excluding hydrogens is 262 g/mol. The molecule has 1 aromatic carbocycles. The molecule has 0 unspecified atom stereocenters. The van der Waals surface area contributed by atoms with Crippen molar-refractivity contribution in [2.45, 2.75) is 58.9 Å². The summed E-state index contributed by atoms with van der Waals surface area (Å²) < 4.78 is 4.93. The van der Waals surface area contributed by atoms with Crippen molar-refractivity contribution >= 4 is 11.7 Å². The van der Waals surface area contributed by atoms with E-state index in [2.05, 4.69) is 17.9 Å². The molecule has 1 aliphatic carbocycles. The molecule has 0 aromatic heterocycles. The largest absolute Gasteiger partial charge is 0.465 e. The van der Waals surface area contributed by atoms with E-state index in [4.69, 9.17) is 4.74 Å². The van der Waals surface area contributed by atoms with Gasteiger partial charge in [0, 0.05) is 18.3 Å². The molecule has 2 rings (SSSR count). The highest BCUT2D eigenvalue weighted by Gasteiger charge is 2.23. The highest BCUT2D eigenvalue weighted by atomic mass is 16.5. The van der Waals surface area contributed by atoms with Crippen molar-refractivity contribution in [2.75, 3.05) is 18.6 Å². The van der Waals surface area contributed by atoms with Crippen LogP contribution in [0.5, 0.6) is 0 Å². The molecule has 0 radical (unpaired) electrons. The zero-order valence-electron chi connectivity index (χ0n) is 13.7. The number of aryl methyl sites for hydroxylation is 1. The summed E-state index contributed by atoms with van der Waals surface area (Å²) >= 11 is 0. The molecule has 0 amide bonds. The molecule has 1 aliphatic rings. The van der Waals surface area contributed by atoms with Crippen LogP contribution in [-0.4, -0.2) is 25.7 Å². The molecule has 0 heterocycles. The lowest BCUT2D eigenvalue weighted by atomic mass is 9.92. The SMILES string of the molecule is CCN(c1cc(C)cc(C(=O)OC)c1C)C1CCCCC1. The number of carbonyl (C=O) groups is 1. The van der Waals surface area contributed by atoms with E-state index in [1.807, 2.05) is 19.9 Å². The van der Waals surface area contributed by atoms with Crippen molar-refractivity contribution < 1.29 is 9.53 Å². The minimum Gasteiger partial charge on any atom is -0.465 e. The van der Waals surface area contributed by atoms with Gasteiger partial charge in [-0.05, 0) is 56.9 Å². The molecule has 0 bridgehead atoms. The molecule has 0 spiro atoms. The van der Waals surface area contributed by atoms with Gasteiger partial charge in [-0.25, -0.2) is 4.79 Å². The zero-order chi connectivity index (χ0) is 15.4. The second kappa shape index (κ2) is 6.97. The quantitative estimate of drug-likeness (QED) is 0.776. The minimum atomic E-state index is -0.239. The lowest BCUT2D eigenvalue weighted by molar-refractivity contribution is 0.0600. The van der Waals surface area contributed by atoms with Crippen molar-refractivity contribution in [2.24, 2.45) is 0 Å². The predicted molar refractivity (Wildman–Crippen MR) is 87.1 cm³/mol. The Hall–Kier alpha value is -1.51. The molecule has 1 fully saturated rings. The van der Waals surface area contributed by atoms with Gasteiger partial charge in [-0.1, -0.05) is 19.3 Å². The van der Waals surface area contributed by atoms with Crippen LogP contribution < -0.4 is 4.90 Å². The van der Waals surface area contributed by atoms with E-state index in [1.54, 1.807) is 0 Å². The van der Waals surface area contributed by atoms with Crippen molar-refractivity contribution in [3.05, 3.63) is 28.8 Å². The standard InChI is InChI=1S/C18H27NO2/c1-5-19(15-9-7-6-8-10-15)17-12-13(2)11-16(14(17)3)18(20)21-4/h11-12,15H,5-10H2,1-4H3. The Morgan fingerprint density at radius 3 is 2.48 bits per heavy atom. The molecule has 21 heavy (non-hydrogen) atoms. The van der Waals surface area contributed by atoms with E-state index in [0.717, 1.165) is 17.7 Å². The molecule has 0 atom stereocenters. The van der Waals surface area contributed by atoms with Crippen LogP contribution in [0.15, 0.2) is 12.1 Å². The van der Waals surface area contributed by atoms with Crippen molar-refractivity contribution in [3.8, 4) is 0 Å². The van der Waals surface area contributed by atoms with E-state index in [-0.39, 0.29) is 5.97 Å². The van der Waals surface area contributed by atoms with Gasteiger partial charge in [0.25, 0.3) is 0 Å². The van der Waals surface area contributed by atoms with E-state index in [9.17, 15) is 4.79 Å². The maximum atomic E-state index is 12.0. The molecule has 0 saturated heterocycles. The number of benzene rings is 1. The number of anilines is 1. The van der Waals surface area contributed by atoms with E-state index >= 15 is 0 Å². The molecule has 116 valence electrons. The molecular formula is C18H27NO2. The van der Waals surface area contributed by atoms with Crippen LogP contribution in [0.25, 0.3) is 0 Å². The Bertz CT molecular complexity index is 504. The molecule has 3 heteroatoms. The first kappa shape index (κ1) is 15.9. The zero-order valence-corrected chi connectivity index (χ0v) is 13.7. The predicted octanol–water partition coefficient (Wildman–Crippen LogP) is 4.25. The van der Waals surface area contributed by atoms with Crippen LogP contribution in [0.4, 0.5) is 5.69 Å². The molecule has 3 nitrogen and oxygen atoms in total. The van der Waals surface area contributed by atoms with Gasteiger partial charge in [0.15, 0.2) is 0 Å². The van der Waals surface area contributed by atoms with Gasteiger partial charge in [-0.3, -0.25) is 0 Å². The molecule has 1 saturated carbocycles. The summed E-state index contributed by atoms with van der Waals surface area (Å²) in [5.41, 5.74) is 4.05. The number of ether oxygens (including phenoxy) is 1. The summed E-state index contributed by atoms with van der Waals surface area (Å²) in [6.45, 7) is 7.26. The Morgan fingerprint density at radius 2 is 1.90 bits per heavy atom. The number of esters is 1. The number of carbonyl (C=O) groups excluding carboxylic acids is 1. The van der Waals surface area contributed by atoms with Crippen molar-refractivity contribution in [3.63, 3.8) is 0 Å². The summed E-state index contributed by atoms with van der Waals surface area (Å²) in [5.74, 6) is -0.239. The summed E-state index contributed by atoms with van der Waals surface area (Å²) in [7, 11) is 1.45. The number of nitrogens with zero attached hydrogens (tertiary/aromatic N) is 1. The number of rotatable bonds is 4. The highest BCUT2D eigenvalue weighted by Crippen LogP contribution is 2.32. The maximum Gasteiger partial charge on any atom is 0.338 e. The summed E-state index contributed by atoms with van der Waals surface area (Å²) in [6, 6.07) is 4.74. The smallest absolute Gasteiger partial charge is 0.338 e. The third-order valence-electron chi connectivity index (χ3n) is 4.60. The maximum absolute atomic E-state index is 12.0. The first-order valence-electron chi connectivity index (χ1n) is 8.04. The highest BCUT2D eigenvalue weighted by molar-refractivity contribution is 5.93. The van der Waals surface area contributed by atoms with Gasteiger partial charge in [-0.2, -0.15) is 0 Å². The van der Waals surface area contributed by atoms with E-state index < -0.39 is 0 Å². The first-order chi connectivity index (χ1) is 10.1. The fourth-order valence-corrected chi connectivity index (χ4v) is 3.48. The van der Waals surface area contributed by atoms with Crippen LogP contribution in [0.1, 0.15) is 60.5 Å². The van der Waals surface area contributed by atoms with Crippen LogP contribution in [-0.2, 0) is 4.74 Å².